The average molecular weight is 254 g/mol. The van der Waals surface area contributed by atoms with Crippen LogP contribution in [0.4, 0.5) is 0 Å². The Morgan fingerprint density at radius 3 is 2.65 bits per heavy atom. The maximum atomic E-state index is 3.56. The first-order chi connectivity index (χ1) is 8.13. The van der Waals surface area contributed by atoms with Crippen LogP contribution < -0.4 is 5.32 Å². The fourth-order valence-electron chi connectivity index (χ4n) is 1.93. The van der Waals surface area contributed by atoms with Crippen molar-refractivity contribution in [2.24, 2.45) is 5.92 Å². The maximum absolute atomic E-state index is 3.56. The lowest BCUT2D eigenvalue weighted by Crippen LogP contribution is -2.40. The molecule has 1 heterocycles. The van der Waals surface area contributed by atoms with Crippen LogP contribution in [0.3, 0.4) is 0 Å². The molecule has 0 amide bonds. The van der Waals surface area contributed by atoms with E-state index in [1.807, 2.05) is 11.3 Å². The first-order valence-electron chi connectivity index (χ1n) is 6.56. The van der Waals surface area contributed by atoms with E-state index in [4.69, 9.17) is 0 Å². The summed E-state index contributed by atoms with van der Waals surface area (Å²) in [6, 6.07) is 4.98. The van der Waals surface area contributed by atoms with Crippen molar-refractivity contribution >= 4 is 11.3 Å². The molecule has 17 heavy (non-hydrogen) atoms. The predicted octanol–water partition coefficient (Wildman–Crippen LogP) is 3.20. The molecule has 98 valence electrons. The van der Waals surface area contributed by atoms with Crippen LogP contribution in [0.5, 0.6) is 0 Å². The van der Waals surface area contributed by atoms with E-state index in [9.17, 15) is 0 Å². The van der Waals surface area contributed by atoms with Gasteiger partial charge in [-0.3, -0.25) is 4.90 Å². The van der Waals surface area contributed by atoms with E-state index in [1.54, 1.807) is 0 Å². The molecule has 1 N–H and O–H groups in total. The van der Waals surface area contributed by atoms with Crippen molar-refractivity contribution in [2.75, 3.05) is 20.1 Å². The molecule has 0 aliphatic rings. The van der Waals surface area contributed by atoms with Gasteiger partial charge in [-0.1, -0.05) is 26.8 Å². The summed E-state index contributed by atoms with van der Waals surface area (Å²) in [6.45, 7) is 10.1. The number of nitrogens with one attached hydrogen (secondary N) is 1. The Morgan fingerprint density at radius 2 is 2.12 bits per heavy atom. The summed E-state index contributed by atoms with van der Waals surface area (Å²) >= 11 is 1.85. The van der Waals surface area contributed by atoms with Crippen LogP contribution in [-0.2, 0) is 6.54 Å². The van der Waals surface area contributed by atoms with Crippen molar-refractivity contribution in [1.29, 1.82) is 0 Å². The quantitative estimate of drug-likeness (QED) is 0.766. The lowest BCUT2D eigenvalue weighted by Gasteiger charge is -2.27. The van der Waals surface area contributed by atoms with Crippen LogP contribution in [0.1, 0.15) is 32.1 Å². The van der Waals surface area contributed by atoms with Crippen LogP contribution in [-0.4, -0.2) is 31.1 Å². The smallest absolute Gasteiger partial charge is 0.0328 e. The van der Waals surface area contributed by atoms with Gasteiger partial charge in [0.1, 0.15) is 0 Å². The summed E-state index contributed by atoms with van der Waals surface area (Å²) in [5.74, 6) is 0.732. The highest BCUT2D eigenvalue weighted by Crippen LogP contribution is 2.13. The fraction of sp³-hybridized carbons (Fsp3) is 0.714. The lowest BCUT2D eigenvalue weighted by atomic mass is 10.1. The second-order valence-corrected chi connectivity index (χ2v) is 6.14. The molecule has 1 aromatic rings. The molecule has 3 heteroatoms. The third kappa shape index (κ3) is 5.66. The van der Waals surface area contributed by atoms with Gasteiger partial charge < -0.3 is 5.32 Å². The van der Waals surface area contributed by atoms with Crippen molar-refractivity contribution in [2.45, 2.75) is 39.8 Å². The van der Waals surface area contributed by atoms with Crippen molar-refractivity contribution < 1.29 is 0 Å². The molecule has 0 spiro atoms. The monoisotopic (exact) mass is 254 g/mol. The molecule has 0 aliphatic heterocycles. The molecule has 1 unspecified atom stereocenters. The molecule has 0 fully saturated rings. The van der Waals surface area contributed by atoms with Gasteiger partial charge >= 0.3 is 0 Å². The van der Waals surface area contributed by atoms with Crippen molar-refractivity contribution in [1.82, 2.24) is 10.2 Å². The third-order valence-corrected chi connectivity index (χ3v) is 3.87. The number of thiophene rings is 1. The molecule has 0 saturated carbocycles. The highest BCUT2D eigenvalue weighted by atomic mass is 32.1. The predicted molar refractivity (Wildman–Crippen MR) is 77.6 cm³/mol. The largest absolute Gasteiger partial charge is 0.315 e. The van der Waals surface area contributed by atoms with Crippen LogP contribution >= 0.6 is 11.3 Å². The summed E-state index contributed by atoms with van der Waals surface area (Å²) < 4.78 is 0. The van der Waals surface area contributed by atoms with Crippen LogP contribution in [0.25, 0.3) is 0 Å². The minimum Gasteiger partial charge on any atom is -0.315 e. The molecule has 1 rings (SSSR count). The summed E-state index contributed by atoms with van der Waals surface area (Å²) in [5.41, 5.74) is 0. The molecule has 0 aliphatic carbocycles. The highest BCUT2D eigenvalue weighted by molar-refractivity contribution is 7.09. The van der Waals surface area contributed by atoms with Gasteiger partial charge in [0.2, 0.25) is 0 Å². The van der Waals surface area contributed by atoms with E-state index in [-0.39, 0.29) is 0 Å². The summed E-state index contributed by atoms with van der Waals surface area (Å²) in [6.07, 6.45) is 1.20. The standard InChI is InChI=1S/C14H26N2S/c1-5-13(10-15-9-12(2)3)16(4)11-14-7-6-8-17-14/h6-8,12-13,15H,5,9-11H2,1-4H3. The molecular formula is C14H26N2S. The van der Waals surface area contributed by atoms with Crippen LogP contribution in [0.2, 0.25) is 0 Å². The molecule has 0 bridgehead atoms. The van der Waals surface area contributed by atoms with Gasteiger partial charge in [0, 0.05) is 24.0 Å². The first-order valence-corrected chi connectivity index (χ1v) is 7.44. The molecule has 0 saturated heterocycles. The normalized spacial score (nSPS) is 13.5. The third-order valence-electron chi connectivity index (χ3n) is 3.01. The zero-order valence-electron chi connectivity index (χ0n) is 11.6. The number of hydrogen-bond donors (Lipinski definition) is 1. The second-order valence-electron chi connectivity index (χ2n) is 5.11. The van der Waals surface area contributed by atoms with E-state index in [2.05, 4.69) is 55.5 Å². The molecule has 1 atom stereocenters. The van der Waals surface area contributed by atoms with Gasteiger partial charge in [0.15, 0.2) is 0 Å². The van der Waals surface area contributed by atoms with Gasteiger partial charge in [-0.25, -0.2) is 0 Å². The average Bonchev–Trinajstić information content (AvgIpc) is 2.76. The summed E-state index contributed by atoms with van der Waals surface area (Å²) in [4.78, 5) is 3.91. The second kappa shape index (κ2) is 7.85. The molecular weight excluding hydrogens is 228 g/mol. The van der Waals surface area contributed by atoms with E-state index < -0.39 is 0 Å². The fourth-order valence-corrected chi connectivity index (χ4v) is 2.70. The maximum Gasteiger partial charge on any atom is 0.0328 e. The molecule has 0 aromatic carbocycles. The molecule has 0 radical (unpaired) electrons. The Labute approximate surface area is 110 Å². The van der Waals surface area contributed by atoms with Gasteiger partial charge in [0.05, 0.1) is 0 Å². The summed E-state index contributed by atoms with van der Waals surface area (Å²) in [5, 5.41) is 5.71. The Morgan fingerprint density at radius 1 is 1.35 bits per heavy atom. The molecule has 2 nitrogen and oxygen atoms in total. The van der Waals surface area contributed by atoms with Crippen LogP contribution in [0.15, 0.2) is 17.5 Å². The topological polar surface area (TPSA) is 15.3 Å². The van der Waals surface area contributed by atoms with Gasteiger partial charge in [-0.05, 0) is 37.4 Å². The molecule has 1 aromatic heterocycles. The zero-order valence-corrected chi connectivity index (χ0v) is 12.4. The number of rotatable bonds is 8. The Balaban J connectivity index is 2.33. The summed E-state index contributed by atoms with van der Waals surface area (Å²) in [7, 11) is 2.23. The number of nitrogens with zero attached hydrogens (tertiary/aromatic N) is 1. The minimum absolute atomic E-state index is 0.635. The number of hydrogen-bond acceptors (Lipinski definition) is 3. The lowest BCUT2D eigenvalue weighted by molar-refractivity contribution is 0.221. The van der Waals surface area contributed by atoms with E-state index in [0.29, 0.717) is 6.04 Å². The van der Waals surface area contributed by atoms with Crippen molar-refractivity contribution in [3.63, 3.8) is 0 Å². The number of likely N-dealkylation sites (N-methyl/N-ethyl adjacent to an activating group) is 1. The SMILES string of the molecule is CCC(CNCC(C)C)N(C)Cc1cccs1. The first kappa shape index (κ1) is 14.7. The van der Waals surface area contributed by atoms with E-state index >= 15 is 0 Å². The Bertz CT molecular complexity index is 282. The highest BCUT2D eigenvalue weighted by Gasteiger charge is 2.13. The Hall–Kier alpha value is -0.380. The van der Waals surface area contributed by atoms with E-state index in [1.165, 1.54) is 11.3 Å². The van der Waals surface area contributed by atoms with Crippen molar-refractivity contribution in [3.05, 3.63) is 22.4 Å². The van der Waals surface area contributed by atoms with Crippen LogP contribution in [0, 0.1) is 5.92 Å². The van der Waals surface area contributed by atoms with E-state index in [0.717, 1.165) is 25.6 Å². The Kier molecular flexibility index (Phi) is 6.78. The van der Waals surface area contributed by atoms with Gasteiger partial charge in [-0.15, -0.1) is 11.3 Å². The van der Waals surface area contributed by atoms with Gasteiger partial charge in [0.25, 0.3) is 0 Å². The minimum atomic E-state index is 0.635. The van der Waals surface area contributed by atoms with Gasteiger partial charge in [-0.2, -0.15) is 0 Å². The zero-order chi connectivity index (χ0) is 12.7. The van der Waals surface area contributed by atoms with Crippen molar-refractivity contribution in [3.8, 4) is 0 Å².